The van der Waals surface area contributed by atoms with Crippen LogP contribution in [-0.2, 0) is 6.42 Å². The van der Waals surface area contributed by atoms with Gasteiger partial charge in [-0.1, -0.05) is 12.1 Å². The Morgan fingerprint density at radius 3 is 3.04 bits per heavy atom. The summed E-state index contributed by atoms with van der Waals surface area (Å²) >= 11 is 0. The molecule has 0 radical (unpaired) electrons. The number of hydrazone groups is 1. The van der Waals surface area contributed by atoms with Crippen molar-refractivity contribution in [3.63, 3.8) is 0 Å². The predicted octanol–water partition coefficient (Wildman–Crippen LogP) is 0.152. The molecule has 3 aromatic rings. The van der Waals surface area contributed by atoms with E-state index in [0.29, 0.717) is 17.9 Å². The second kappa shape index (κ2) is 6.09. The number of rotatable bonds is 5. The number of carbonyl (C=O) groups is 1. The SMILES string of the molecule is CCc1c(C(=O)NN=Cc2ccco2)nnn1-c1nonc1N. The van der Waals surface area contributed by atoms with Crippen LogP contribution >= 0.6 is 0 Å². The van der Waals surface area contributed by atoms with Crippen molar-refractivity contribution >= 4 is 17.9 Å². The number of nitrogens with zero attached hydrogens (tertiary/aromatic N) is 6. The van der Waals surface area contributed by atoms with E-state index in [1.807, 2.05) is 6.92 Å². The minimum Gasteiger partial charge on any atom is -0.463 e. The largest absolute Gasteiger partial charge is 0.463 e. The fourth-order valence-electron chi connectivity index (χ4n) is 1.88. The van der Waals surface area contributed by atoms with E-state index in [0.717, 1.165) is 0 Å². The molecule has 0 fully saturated rings. The number of nitrogen functional groups attached to an aromatic ring is 1. The van der Waals surface area contributed by atoms with E-state index in [2.05, 4.69) is 35.8 Å². The van der Waals surface area contributed by atoms with Crippen molar-refractivity contribution in [2.45, 2.75) is 13.3 Å². The van der Waals surface area contributed by atoms with Crippen LogP contribution in [0, 0.1) is 0 Å². The number of nitrogens with one attached hydrogen (secondary N) is 1. The van der Waals surface area contributed by atoms with Gasteiger partial charge in [0.25, 0.3) is 5.91 Å². The van der Waals surface area contributed by atoms with Gasteiger partial charge < -0.3 is 10.2 Å². The van der Waals surface area contributed by atoms with E-state index >= 15 is 0 Å². The lowest BCUT2D eigenvalue weighted by molar-refractivity contribution is 0.0949. The first-order valence-electron chi connectivity index (χ1n) is 6.60. The Morgan fingerprint density at radius 1 is 1.52 bits per heavy atom. The number of furan rings is 1. The van der Waals surface area contributed by atoms with Crippen LogP contribution in [0.15, 0.2) is 32.5 Å². The molecule has 3 N–H and O–H groups in total. The van der Waals surface area contributed by atoms with Crippen LogP contribution in [0.2, 0.25) is 0 Å². The zero-order valence-corrected chi connectivity index (χ0v) is 12.0. The Kier molecular flexibility index (Phi) is 3.82. The summed E-state index contributed by atoms with van der Waals surface area (Å²) in [6.07, 6.45) is 3.33. The highest BCUT2D eigenvalue weighted by molar-refractivity contribution is 5.94. The lowest BCUT2D eigenvalue weighted by Gasteiger charge is -2.01. The number of hydrogen-bond acceptors (Lipinski definition) is 9. The molecule has 0 aliphatic rings. The molecule has 3 aromatic heterocycles. The van der Waals surface area contributed by atoms with Gasteiger partial charge in [0.2, 0.25) is 11.6 Å². The third kappa shape index (κ3) is 2.79. The number of anilines is 1. The molecule has 11 nitrogen and oxygen atoms in total. The molecule has 11 heteroatoms. The van der Waals surface area contributed by atoms with E-state index in [9.17, 15) is 4.79 Å². The summed E-state index contributed by atoms with van der Waals surface area (Å²) in [7, 11) is 0. The molecule has 0 aromatic carbocycles. The molecule has 1 amide bonds. The van der Waals surface area contributed by atoms with Crippen LogP contribution in [0.4, 0.5) is 5.82 Å². The van der Waals surface area contributed by atoms with Crippen molar-refractivity contribution in [3.05, 3.63) is 35.5 Å². The average Bonchev–Trinajstić information content (AvgIpc) is 3.26. The first kappa shape index (κ1) is 14.4. The maximum Gasteiger partial charge on any atom is 0.293 e. The minimum absolute atomic E-state index is 0.0485. The van der Waals surface area contributed by atoms with Crippen LogP contribution in [0.5, 0.6) is 0 Å². The maximum atomic E-state index is 12.2. The summed E-state index contributed by atoms with van der Waals surface area (Å²) in [5, 5.41) is 18.6. The Hall–Kier alpha value is -3.50. The molecule has 0 spiro atoms. The van der Waals surface area contributed by atoms with Crippen LogP contribution < -0.4 is 11.2 Å². The fraction of sp³-hybridized carbons (Fsp3) is 0.167. The number of aromatic nitrogens is 5. The summed E-state index contributed by atoms with van der Waals surface area (Å²) < 4.78 is 10.9. The van der Waals surface area contributed by atoms with Crippen molar-refractivity contribution in [2.24, 2.45) is 5.10 Å². The average molecular weight is 316 g/mol. The van der Waals surface area contributed by atoms with Crippen LogP contribution in [0.1, 0.15) is 28.9 Å². The monoisotopic (exact) mass is 316 g/mol. The zero-order chi connectivity index (χ0) is 16.2. The molecular weight excluding hydrogens is 304 g/mol. The predicted molar refractivity (Wildman–Crippen MR) is 76.8 cm³/mol. The molecular formula is C12H12N8O3. The van der Waals surface area contributed by atoms with Gasteiger partial charge >= 0.3 is 0 Å². The van der Waals surface area contributed by atoms with Crippen molar-refractivity contribution in [3.8, 4) is 5.82 Å². The van der Waals surface area contributed by atoms with E-state index in [4.69, 9.17) is 10.2 Å². The normalized spacial score (nSPS) is 11.2. The van der Waals surface area contributed by atoms with Gasteiger partial charge in [-0.3, -0.25) is 4.79 Å². The molecule has 0 atom stereocenters. The highest BCUT2D eigenvalue weighted by Crippen LogP contribution is 2.15. The smallest absolute Gasteiger partial charge is 0.293 e. The van der Waals surface area contributed by atoms with Gasteiger partial charge in [-0.05, 0) is 28.9 Å². The Labute approximate surface area is 129 Å². The van der Waals surface area contributed by atoms with Gasteiger partial charge in [0.05, 0.1) is 18.2 Å². The molecule has 0 saturated carbocycles. The summed E-state index contributed by atoms with van der Waals surface area (Å²) in [5.41, 5.74) is 8.58. The van der Waals surface area contributed by atoms with E-state index in [-0.39, 0.29) is 17.3 Å². The first-order valence-corrected chi connectivity index (χ1v) is 6.60. The number of carbonyl (C=O) groups excluding carboxylic acids is 1. The molecule has 23 heavy (non-hydrogen) atoms. The molecule has 0 aliphatic carbocycles. The van der Waals surface area contributed by atoms with Gasteiger partial charge in [-0.25, -0.2) is 10.1 Å². The van der Waals surface area contributed by atoms with Crippen molar-refractivity contribution < 1.29 is 13.8 Å². The Balaban J connectivity index is 1.81. The van der Waals surface area contributed by atoms with Crippen LogP contribution in [-0.4, -0.2) is 37.4 Å². The molecule has 0 unspecified atom stereocenters. The van der Waals surface area contributed by atoms with Crippen molar-refractivity contribution in [1.29, 1.82) is 0 Å². The van der Waals surface area contributed by atoms with Crippen LogP contribution in [0.25, 0.3) is 5.82 Å². The lowest BCUT2D eigenvalue weighted by atomic mass is 10.2. The second-order valence-corrected chi connectivity index (χ2v) is 4.34. The number of hydrogen-bond donors (Lipinski definition) is 2. The number of amides is 1. The van der Waals surface area contributed by atoms with Crippen molar-refractivity contribution in [2.75, 3.05) is 5.73 Å². The third-order valence-electron chi connectivity index (χ3n) is 2.91. The highest BCUT2D eigenvalue weighted by atomic mass is 16.6. The topological polar surface area (TPSA) is 150 Å². The summed E-state index contributed by atoms with van der Waals surface area (Å²) in [6.45, 7) is 1.84. The maximum absolute atomic E-state index is 12.2. The van der Waals surface area contributed by atoms with Gasteiger partial charge in [0, 0.05) is 0 Å². The lowest BCUT2D eigenvalue weighted by Crippen LogP contribution is -2.20. The molecule has 118 valence electrons. The molecule has 3 heterocycles. The van der Waals surface area contributed by atoms with Crippen molar-refractivity contribution in [1.82, 2.24) is 30.7 Å². The van der Waals surface area contributed by atoms with Gasteiger partial charge in [-0.2, -0.15) is 9.78 Å². The molecule has 0 aliphatic heterocycles. The van der Waals surface area contributed by atoms with E-state index < -0.39 is 5.91 Å². The summed E-state index contributed by atoms with van der Waals surface area (Å²) in [6, 6.07) is 3.41. The van der Waals surface area contributed by atoms with Gasteiger partial charge in [-0.15, -0.1) is 5.10 Å². The minimum atomic E-state index is -0.522. The standard InChI is InChI=1S/C12H12N8O3/c1-2-8-9(12(21)16-14-6-7-4-3-5-22-7)15-19-20(8)11-10(13)17-23-18-11/h3-6H,2H2,1H3,(H2,13,17)(H,16,21). The van der Waals surface area contributed by atoms with E-state index in [1.54, 1.807) is 12.1 Å². The Morgan fingerprint density at radius 2 is 2.39 bits per heavy atom. The third-order valence-corrected chi connectivity index (χ3v) is 2.91. The summed E-state index contributed by atoms with van der Waals surface area (Å²) in [5.74, 6) is 0.205. The van der Waals surface area contributed by atoms with Gasteiger partial charge in [0.1, 0.15) is 5.76 Å². The summed E-state index contributed by atoms with van der Waals surface area (Å²) in [4.78, 5) is 12.2. The van der Waals surface area contributed by atoms with Gasteiger partial charge in [0.15, 0.2) is 5.69 Å². The first-order chi connectivity index (χ1) is 11.2. The molecule has 0 bridgehead atoms. The fourth-order valence-corrected chi connectivity index (χ4v) is 1.88. The second-order valence-electron chi connectivity index (χ2n) is 4.34. The Bertz CT molecular complexity index is 832. The highest BCUT2D eigenvalue weighted by Gasteiger charge is 2.22. The molecule has 3 rings (SSSR count). The van der Waals surface area contributed by atoms with Crippen LogP contribution in [0.3, 0.4) is 0 Å². The molecule has 0 saturated heterocycles. The quantitative estimate of drug-likeness (QED) is 0.498. The zero-order valence-electron chi connectivity index (χ0n) is 12.0. The van der Waals surface area contributed by atoms with E-state index in [1.165, 1.54) is 17.2 Å². The number of nitrogens with two attached hydrogens (primary N) is 1.